The molecule has 21 heavy (non-hydrogen) atoms. The van der Waals surface area contributed by atoms with Gasteiger partial charge in [0.15, 0.2) is 0 Å². The fraction of sp³-hybridized carbons (Fsp3) is 0.467. The summed E-state index contributed by atoms with van der Waals surface area (Å²) in [6.45, 7) is 2.20. The molecule has 0 spiro atoms. The Morgan fingerprint density at radius 1 is 1.00 bits per heavy atom. The number of hydrogen-bond acceptors (Lipinski definition) is 3. The molecule has 1 aromatic carbocycles. The number of carbonyl (C=O) groups is 2. The fourth-order valence-electron chi connectivity index (χ4n) is 2.05. The zero-order valence-corrected chi connectivity index (χ0v) is 12.6. The standard InChI is InChI=1S/C11H14ClN.C4H6O4/c12-9-13-7-5-10-3-1-2-4-11(10)6-8-13;5-3(6)1-2-4(7)8/h1-4H,5-9H2;1-2H2,(H,5,6)(H,7,8). The van der Waals surface area contributed by atoms with Crippen LogP contribution in [-0.4, -0.2) is 46.1 Å². The minimum absolute atomic E-state index is 0.296. The predicted molar refractivity (Wildman–Crippen MR) is 80.6 cm³/mol. The van der Waals surface area contributed by atoms with Crippen molar-refractivity contribution in [1.29, 1.82) is 0 Å². The normalized spacial score (nSPS) is 14.3. The minimum Gasteiger partial charge on any atom is -0.481 e. The van der Waals surface area contributed by atoms with Crippen molar-refractivity contribution < 1.29 is 19.8 Å². The van der Waals surface area contributed by atoms with Gasteiger partial charge < -0.3 is 10.2 Å². The van der Waals surface area contributed by atoms with Gasteiger partial charge in [-0.15, -0.1) is 11.6 Å². The van der Waals surface area contributed by atoms with Gasteiger partial charge >= 0.3 is 11.9 Å². The van der Waals surface area contributed by atoms with E-state index in [-0.39, 0.29) is 12.8 Å². The van der Waals surface area contributed by atoms with E-state index >= 15 is 0 Å². The number of aliphatic carboxylic acids is 2. The second-order valence-electron chi connectivity index (χ2n) is 4.79. The lowest BCUT2D eigenvalue weighted by molar-refractivity contribution is -0.143. The molecule has 2 rings (SSSR count). The summed E-state index contributed by atoms with van der Waals surface area (Å²) in [7, 11) is 0. The maximum atomic E-state index is 9.64. The van der Waals surface area contributed by atoms with Gasteiger partial charge in [0.25, 0.3) is 0 Å². The number of carboxylic acid groups (broad SMARTS) is 2. The third-order valence-electron chi connectivity index (χ3n) is 3.23. The predicted octanol–water partition coefficient (Wildman–Crippen LogP) is 2.22. The van der Waals surface area contributed by atoms with Gasteiger partial charge in [0, 0.05) is 13.1 Å². The Hall–Kier alpha value is -1.59. The van der Waals surface area contributed by atoms with E-state index in [9.17, 15) is 9.59 Å². The monoisotopic (exact) mass is 313 g/mol. The molecule has 0 radical (unpaired) electrons. The molecule has 1 aliphatic heterocycles. The summed E-state index contributed by atoms with van der Waals surface area (Å²) >= 11 is 5.82. The maximum absolute atomic E-state index is 9.64. The number of fused-ring (bicyclic) bond motifs is 1. The van der Waals surface area contributed by atoms with E-state index in [2.05, 4.69) is 29.2 Å². The van der Waals surface area contributed by atoms with E-state index in [4.69, 9.17) is 21.8 Å². The lowest BCUT2D eigenvalue weighted by Gasteiger charge is -2.14. The second kappa shape index (κ2) is 9.37. The van der Waals surface area contributed by atoms with Crippen LogP contribution >= 0.6 is 11.6 Å². The number of benzene rings is 1. The molecule has 1 aromatic rings. The summed E-state index contributed by atoms with van der Waals surface area (Å²) < 4.78 is 0. The zero-order valence-electron chi connectivity index (χ0n) is 11.8. The number of carboxylic acids is 2. The number of halogens is 1. The average molecular weight is 314 g/mol. The first-order valence-corrected chi connectivity index (χ1v) is 7.35. The molecular formula is C15H20ClNO4. The number of nitrogens with zero attached hydrogens (tertiary/aromatic N) is 1. The molecule has 1 heterocycles. The molecular weight excluding hydrogens is 294 g/mol. The molecule has 0 bridgehead atoms. The van der Waals surface area contributed by atoms with Gasteiger partial charge in [0.2, 0.25) is 0 Å². The molecule has 1 aliphatic rings. The van der Waals surface area contributed by atoms with Crippen LogP contribution < -0.4 is 0 Å². The zero-order chi connectivity index (χ0) is 15.7. The summed E-state index contributed by atoms with van der Waals surface area (Å²) in [5.74, 6) is -2.15. The summed E-state index contributed by atoms with van der Waals surface area (Å²) in [5.41, 5.74) is 2.99. The SMILES string of the molecule is ClCN1CCc2ccccc2CC1.O=C(O)CCC(=O)O. The van der Waals surface area contributed by atoms with Gasteiger partial charge in [-0.05, 0) is 24.0 Å². The molecule has 0 unspecified atom stereocenters. The number of rotatable bonds is 4. The summed E-state index contributed by atoms with van der Waals surface area (Å²) in [4.78, 5) is 21.6. The second-order valence-corrected chi connectivity index (χ2v) is 5.03. The van der Waals surface area contributed by atoms with E-state index in [1.165, 1.54) is 11.1 Å². The summed E-state index contributed by atoms with van der Waals surface area (Å²) in [6.07, 6.45) is 1.69. The molecule has 0 saturated heterocycles. The van der Waals surface area contributed by atoms with Crippen molar-refractivity contribution in [2.24, 2.45) is 0 Å². The van der Waals surface area contributed by atoms with Crippen LogP contribution in [0.1, 0.15) is 24.0 Å². The molecule has 116 valence electrons. The van der Waals surface area contributed by atoms with Crippen molar-refractivity contribution in [3.63, 3.8) is 0 Å². The molecule has 0 atom stereocenters. The smallest absolute Gasteiger partial charge is 0.303 e. The van der Waals surface area contributed by atoms with Gasteiger partial charge in [-0.1, -0.05) is 24.3 Å². The third kappa shape index (κ3) is 7.11. The van der Waals surface area contributed by atoms with E-state index < -0.39 is 11.9 Å². The van der Waals surface area contributed by atoms with Crippen molar-refractivity contribution in [2.45, 2.75) is 25.7 Å². The summed E-state index contributed by atoms with van der Waals surface area (Å²) in [5, 5.41) is 15.8. The number of hydrogen-bond donors (Lipinski definition) is 2. The van der Waals surface area contributed by atoms with Crippen molar-refractivity contribution in [2.75, 3.05) is 19.1 Å². The van der Waals surface area contributed by atoms with E-state index in [0.29, 0.717) is 6.00 Å². The Balaban J connectivity index is 0.000000240. The van der Waals surface area contributed by atoms with Crippen molar-refractivity contribution in [3.05, 3.63) is 35.4 Å². The van der Waals surface area contributed by atoms with Crippen LogP contribution in [0.4, 0.5) is 0 Å². The lowest BCUT2D eigenvalue weighted by atomic mass is 10.0. The number of alkyl halides is 1. The Morgan fingerprint density at radius 2 is 1.43 bits per heavy atom. The van der Waals surface area contributed by atoms with E-state index in [1.807, 2.05) is 0 Å². The molecule has 0 fully saturated rings. The largest absolute Gasteiger partial charge is 0.481 e. The van der Waals surface area contributed by atoms with Crippen molar-refractivity contribution in [1.82, 2.24) is 4.90 Å². The quantitative estimate of drug-likeness (QED) is 0.658. The molecule has 0 saturated carbocycles. The highest BCUT2D eigenvalue weighted by Crippen LogP contribution is 2.15. The Bertz CT molecular complexity index is 437. The third-order valence-corrected chi connectivity index (χ3v) is 3.57. The van der Waals surface area contributed by atoms with Gasteiger partial charge in [0.1, 0.15) is 0 Å². The first kappa shape index (κ1) is 17.5. The van der Waals surface area contributed by atoms with Gasteiger partial charge in [0.05, 0.1) is 18.8 Å². The highest BCUT2D eigenvalue weighted by molar-refractivity contribution is 6.17. The molecule has 0 amide bonds. The van der Waals surface area contributed by atoms with Gasteiger partial charge in [-0.2, -0.15) is 0 Å². The minimum atomic E-state index is -1.08. The van der Waals surface area contributed by atoms with E-state index in [0.717, 1.165) is 25.9 Å². The molecule has 6 heteroatoms. The van der Waals surface area contributed by atoms with Crippen LogP contribution in [0.25, 0.3) is 0 Å². The Morgan fingerprint density at radius 3 is 1.76 bits per heavy atom. The van der Waals surface area contributed by atoms with Crippen LogP contribution in [0.5, 0.6) is 0 Å². The van der Waals surface area contributed by atoms with Crippen molar-refractivity contribution in [3.8, 4) is 0 Å². The Labute approximate surface area is 129 Å². The first-order valence-electron chi connectivity index (χ1n) is 6.81. The molecule has 0 aliphatic carbocycles. The maximum Gasteiger partial charge on any atom is 0.303 e. The van der Waals surface area contributed by atoms with Crippen LogP contribution in [0.2, 0.25) is 0 Å². The fourth-order valence-corrected chi connectivity index (χ4v) is 2.29. The highest BCUT2D eigenvalue weighted by atomic mass is 35.5. The van der Waals surface area contributed by atoms with Gasteiger partial charge in [-0.3, -0.25) is 14.5 Å². The topological polar surface area (TPSA) is 77.8 Å². The first-order chi connectivity index (χ1) is 10.0. The van der Waals surface area contributed by atoms with E-state index in [1.54, 1.807) is 0 Å². The van der Waals surface area contributed by atoms with Crippen molar-refractivity contribution >= 4 is 23.5 Å². The summed E-state index contributed by atoms with van der Waals surface area (Å²) in [6, 6.07) is 9.36. The lowest BCUT2D eigenvalue weighted by Crippen LogP contribution is -2.24. The van der Waals surface area contributed by atoms with Crippen LogP contribution in [0, 0.1) is 0 Å². The highest BCUT2D eigenvalue weighted by Gasteiger charge is 2.11. The molecule has 2 N–H and O–H groups in total. The van der Waals surface area contributed by atoms with Crippen LogP contribution in [0.15, 0.2) is 24.3 Å². The van der Waals surface area contributed by atoms with Crippen LogP contribution in [0.3, 0.4) is 0 Å². The van der Waals surface area contributed by atoms with Crippen LogP contribution in [-0.2, 0) is 22.4 Å². The average Bonchev–Trinajstić information content (AvgIpc) is 2.68. The van der Waals surface area contributed by atoms with Gasteiger partial charge in [-0.25, -0.2) is 0 Å². The molecule has 0 aromatic heterocycles. The molecule has 5 nitrogen and oxygen atoms in total. The Kier molecular flexibility index (Phi) is 7.79.